The standard InChI is InChI=1S/C11H17N3O5S/c1-8(7-19-3)13-20(17,18)11-6-9(12-2)4-5-10(11)14(15)16/h4-6,8,12-13H,7H2,1-3H3. The second-order valence-corrected chi connectivity index (χ2v) is 5.85. The number of hydrogen-bond donors (Lipinski definition) is 2. The fourth-order valence-electron chi connectivity index (χ4n) is 1.65. The Labute approximate surface area is 117 Å². The van der Waals surface area contributed by atoms with E-state index in [4.69, 9.17) is 4.74 Å². The van der Waals surface area contributed by atoms with Gasteiger partial charge in [-0.3, -0.25) is 10.1 Å². The fraction of sp³-hybridized carbons (Fsp3) is 0.455. The maximum absolute atomic E-state index is 12.2. The second-order valence-electron chi connectivity index (χ2n) is 4.17. The molecule has 0 aromatic heterocycles. The van der Waals surface area contributed by atoms with Gasteiger partial charge in [0.2, 0.25) is 10.0 Å². The van der Waals surface area contributed by atoms with Gasteiger partial charge in [0.25, 0.3) is 5.69 Å². The Hall–Kier alpha value is -1.71. The van der Waals surface area contributed by atoms with Gasteiger partial charge in [-0.15, -0.1) is 0 Å². The molecule has 0 fully saturated rings. The molecule has 8 nitrogen and oxygen atoms in total. The molecule has 2 N–H and O–H groups in total. The molecule has 1 aromatic rings. The highest BCUT2D eigenvalue weighted by atomic mass is 32.2. The molecule has 0 bridgehead atoms. The highest BCUT2D eigenvalue weighted by Crippen LogP contribution is 2.26. The Balaban J connectivity index is 3.24. The third-order valence-corrected chi connectivity index (χ3v) is 4.13. The van der Waals surface area contributed by atoms with E-state index in [1.807, 2.05) is 0 Å². The molecule has 0 amide bonds. The van der Waals surface area contributed by atoms with Gasteiger partial charge >= 0.3 is 0 Å². The molecule has 1 unspecified atom stereocenters. The Morgan fingerprint density at radius 2 is 2.10 bits per heavy atom. The predicted octanol–water partition coefficient (Wildman–Crippen LogP) is 0.950. The van der Waals surface area contributed by atoms with E-state index in [1.54, 1.807) is 14.0 Å². The largest absolute Gasteiger partial charge is 0.388 e. The first-order valence-electron chi connectivity index (χ1n) is 5.79. The first-order chi connectivity index (χ1) is 9.31. The van der Waals surface area contributed by atoms with Gasteiger partial charge in [-0.25, -0.2) is 13.1 Å². The predicted molar refractivity (Wildman–Crippen MR) is 74.3 cm³/mol. The van der Waals surface area contributed by atoms with E-state index < -0.39 is 26.7 Å². The van der Waals surface area contributed by atoms with Gasteiger partial charge in [-0.2, -0.15) is 0 Å². The summed E-state index contributed by atoms with van der Waals surface area (Å²) in [4.78, 5) is 9.84. The summed E-state index contributed by atoms with van der Waals surface area (Å²) in [7, 11) is -0.967. The fourth-order valence-corrected chi connectivity index (χ4v) is 3.07. The molecule has 0 radical (unpaired) electrons. The summed E-state index contributed by atoms with van der Waals surface area (Å²) in [6.07, 6.45) is 0. The molecular weight excluding hydrogens is 286 g/mol. The van der Waals surface area contributed by atoms with Crippen LogP contribution in [-0.4, -0.2) is 40.1 Å². The van der Waals surface area contributed by atoms with Crippen LogP contribution in [0, 0.1) is 10.1 Å². The lowest BCUT2D eigenvalue weighted by atomic mass is 10.3. The average molecular weight is 303 g/mol. The number of benzene rings is 1. The van der Waals surface area contributed by atoms with E-state index in [0.29, 0.717) is 5.69 Å². The van der Waals surface area contributed by atoms with Crippen LogP contribution in [0.25, 0.3) is 0 Å². The Morgan fingerprint density at radius 1 is 1.45 bits per heavy atom. The summed E-state index contributed by atoms with van der Waals surface area (Å²) in [5, 5.41) is 13.7. The number of ether oxygens (including phenoxy) is 1. The van der Waals surface area contributed by atoms with Crippen molar-refractivity contribution in [3.8, 4) is 0 Å². The molecule has 9 heteroatoms. The van der Waals surface area contributed by atoms with Crippen LogP contribution in [-0.2, 0) is 14.8 Å². The molecule has 0 aliphatic rings. The number of methoxy groups -OCH3 is 1. The molecule has 0 aliphatic carbocycles. The van der Waals surface area contributed by atoms with Crippen LogP contribution < -0.4 is 10.0 Å². The first kappa shape index (κ1) is 16.3. The van der Waals surface area contributed by atoms with Crippen molar-refractivity contribution >= 4 is 21.4 Å². The highest BCUT2D eigenvalue weighted by Gasteiger charge is 2.27. The summed E-state index contributed by atoms with van der Waals surface area (Å²) >= 11 is 0. The molecule has 20 heavy (non-hydrogen) atoms. The molecule has 0 aliphatic heterocycles. The SMILES string of the molecule is CNc1ccc([N+](=O)[O-])c(S(=O)(=O)NC(C)COC)c1. The minimum Gasteiger partial charge on any atom is -0.388 e. The summed E-state index contributed by atoms with van der Waals surface area (Å²) in [6, 6.07) is 3.32. The Kier molecular flexibility index (Phi) is 5.43. The molecule has 112 valence electrons. The summed E-state index contributed by atoms with van der Waals surface area (Å²) in [6.45, 7) is 1.77. The van der Waals surface area contributed by atoms with Crippen LogP contribution in [0.2, 0.25) is 0 Å². The van der Waals surface area contributed by atoms with Crippen molar-refractivity contribution in [2.24, 2.45) is 0 Å². The van der Waals surface area contributed by atoms with Crippen molar-refractivity contribution in [2.45, 2.75) is 17.9 Å². The van der Waals surface area contributed by atoms with Crippen molar-refractivity contribution in [1.29, 1.82) is 0 Å². The third kappa shape index (κ3) is 3.89. The topological polar surface area (TPSA) is 111 Å². The van der Waals surface area contributed by atoms with E-state index in [2.05, 4.69) is 10.0 Å². The van der Waals surface area contributed by atoms with Crippen LogP contribution >= 0.6 is 0 Å². The maximum Gasteiger partial charge on any atom is 0.289 e. The monoisotopic (exact) mass is 303 g/mol. The molecule has 1 rings (SSSR count). The number of hydrogen-bond acceptors (Lipinski definition) is 6. The minimum absolute atomic E-state index is 0.165. The Bertz CT molecular complexity index is 588. The van der Waals surface area contributed by atoms with E-state index in [9.17, 15) is 18.5 Å². The van der Waals surface area contributed by atoms with Crippen LogP contribution in [0.3, 0.4) is 0 Å². The van der Waals surface area contributed by atoms with Crippen molar-refractivity contribution in [2.75, 3.05) is 26.1 Å². The molecule has 0 saturated heterocycles. The van der Waals surface area contributed by atoms with Gasteiger partial charge in [-0.05, 0) is 19.1 Å². The smallest absolute Gasteiger partial charge is 0.289 e. The molecule has 0 spiro atoms. The Morgan fingerprint density at radius 3 is 2.60 bits per heavy atom. The third-order valence-electron chi connectivity index (χ3n) is 2.51. The number of nitrogens with zero attached hydrogens (tertiary/aromatic N) is 1. The average Bonchev–Trinajstić information content (AvgIpc) is 2.37. The van der Waals surface area contributed by atoms with Crippen molar-refractivity contribution in [3.63, 3.8) is 0 Å². The number of sulfonamides is 1. The number of nitro benzene ring substituents is 1. The zero-order valence-electron chi connectivity index (χ0n) is 11.4. The van der Waals surface area contributed by atoms with E-state index in [1.165, 1.54) is 19.2 Å². The summed E-state index contributed by atoms with van der Waals surface area (Å²) in [5.41, 5.74) is -0.00325. The molecule has 1 atom stereocenters. The highest BCUT2D eigenvalue weighted by molar-refractivity contribution is 7.89. The lowest BCUT2D eigenvalue weighted by molar-refractivity contribution is -0.387. The number of nitro groups is 1. The van der Waals surface area contributed by atoms with Gasteiger partial charge < -0.3 is 10.1 Å². The van der Waals surface area contributed by atoms with Crippen LogP contribution in [0.5, 0.6) is 0 Å². The van der Waals surface area contributed by atoms with Crippen LogP contribution in [0.4, 0.5) is 11.4 Å². The molecule has 0 heterocycles. The van der Waals surface area contributed by atoms with E-state index >= 15 is 0 Å². The van der Waals surface area contributed by atoms with Gasteiger partial charge in [0, 0.05) is 32.0 Å². The zero-order valence-corrected chi connectivity index (χ0v) is 12.2. The normalized spacial score (nSPS) is 12.9. The maximum atomic E-state index is 12.2. The molecular formula is C11H17N3O5S. The molecule has 1 aromatic carbocycles. The van der Waals surface area contributed by atoms with Crippen molar-refractivity contribution in [1.82, 2.24) is 4.72 Å². The van der Waals surface area contributed by atoms with Gasteiger partial charge in [-0.1, -0.05) is 0 Å². The summed E-state index contributed by atoms with van der Waals surface area (Å²) in [5.74, 6) is 0. The zero-order chi connectivity index (χ0) is 15.3. The van der Waals surface area contributed by atoms with Crippen LogP contribution in [0.15, 0.2) is 23.1 Å². The van der Waals surface area contributed by atoms with Crippen molar-refractivity contribution in [3.05, 3.63) is 28.3 Å². The van der Waals surface area contributed by atoms with E-state index in [0.717, 1.165) is 6.07 Å². The number of nitrogens with one attached hydrogen (secondary N) is 2. The number of anilines is 1. The van der Waals surface area contributed by atoms with Gasteiger partial charge in [0.1, 0.15) is 0 Å². The second kappa shape index (κ2) is 6.64. The van der Waals surface area contributed by atoms with Crippen molar-refractivity contribution < 1.29 is 18.1 Å². The van der Waals surface area contributed by atoms with E-state index in [-0.39, 0.29) is 11.5 Å². The summed E-state index contributed by atoms with van der Waals surface area (Å²) < 4.78 is 31.6. The first-order valence-corrected chi connectivity index (χ1v) is 7.27. The van der Waals surface area contributed by atoms with Gasteiger partial charge in [0.15, 0.2) is 4.90 Å². The van der Waals surface area contributed by atoms with Crippen LogP contribution in [0.1, 0.15) is 6.92 Å². The van der Waals surface area contributed by atoms with Gasteiger partial charge in [0.05, 0.1) is 11.5 Å². The molecule has 0 saturated carbocycles. The quantitative estimate of drug-likeness (QED) is 0.573. The number of rotatable bonds is 7. The lowest BCUT2D eigenvalue weighted by Crippen LogP contribution is -2.35. The lowest BCUT2D eigenvalue weighted by Gasteiger charge is -2.14. The minimum atomic E-state index is -4.00.